The summed E-state index contributed by atoms with van der Waals surface area (Å²) in [6.07, 6.45) is 11.4. The Morgan fingerprint density at radius 2 is 1.76 bits per heavy atom. The maximum Gasteiger partial charge on any atom is 0.311 e. The van der Waals surface area contributed by atoms with Gasteiger partial charge in [-0.05, 0) is 50.0 Å². The molecular weight excluding hydrogens is 408 g/mol. The van der Waals surface area contributed by atoms with Gasteiger partial charge in [-0.1, -0.05) is 100 Å². The summed E-state index contributed by atoms with van der Waals surface area (Å²) in [7, 11) is 0. The van der Waals surface area contributed by atoms with Crippen LogP contribution in [0.4, 0.5) is 0 Å². The van der Waals surface area contributed by atoms with Gasteiger partial charge < -0.3 is 5.11 Å². The molecule has 0 heterocycles. The average Bonchev–Trinajstić information content (AvgIpc) is 3.07. The molecule has 0 radical (unpaired) electrons. The topological polar surface area (TPSA) is 54.4 Å². The number of fused-ring (bicyclic) bond motifs is 1. The number of hydrogen-bond donors (Lipinski definition) is 1. The lowest BCUT2D eigenvalue weighted by atomic mass is 9.46. The number of carbonyl (C=O) groups excluding carboxylic acids is 1. The van der Waals surface area contributed by atoms with Crippen LogP contribution in [0.15, 0.2) is 59.7 Å². The van der Waals surface area contributed by atoms with Gasteiger partial charge in [-0.2, -0.15) is 0 Å². The Morgan fingerprint density at radius 3 is 2.27 bits per heavy atom. The summed E-state index contributed by atoms with van der Waals surface area (Å²) in [5.74, 6) is -1.00. The van der Waals surface area contributed by atoms with Crippen LogP contribution in [0.5, 0.6) is 0 Å². The minimum Gasteiger partial charge on any atom is -0.481 e. The molecule has 6 atom stereocenters. The van der Waals surface area contributed by atoms with E-state index in [0.29, 0.717) is 19.3 Å². The molecule has 1 aromatic rings. The van der Waals surface area contributed by atoms with Gasteiger partial charge in [-0.25, -0.2) is 0 Å². The van der Waals surface area contributed by atoms with Crippen LogP contribution in [-0.4, -0.2) is 16.9 Å². The third-order valence-corrected chi connectivity index (χ3v) is 8.69. The molecule has 0 saturated heterocycles. The number of carboxylic acids is 1. The van der Waals surface area contributed by atoms with Crippen molar-refractivity contribution in [2.75, 3.05) is 0 Å². The van der Waals surface area contributed by atoms with Gasteiger partial charge in [-0.3, -0.25) is 9.59 Å². The van der Waals surface area contributed by atoms with E-state index in [4.69, 9.17) is 0 Å². The van der Waals surface area contributed by atoms with Crippen LogP contribution in [0, 0.1) is 34.5 Å². The molecule has 178 valence electrons. The first-order valence-corrected chi connectivity index (χ1v) is 12.6. The molecule has 1 saturated carbocycles. The first-order chi connectivity index (χ1) is 15.7. The summed E-state index contributed by atoms with van der Waals surface area (Å²) >= 11 is 0. The molecule has 3 nitrogen and oxygen atoms in total. The van der Waals surface area contributed by atoms with E-state index in [1.807, 2.05) is 39.0 Å². The van der Waals surface area contributed by atoms with Crippen molar-refractivity contribution in [3.05, 3.63) is 65.3 Å². The van der Waals surface area contributed by atoms with E-state index < -0.39 is 16.8 Å². The van der Waals surface area contributed by atoms with Gasteiger partial charge >= 0.3 is 5.97 Å². The maximum atomic E-state index is 13.3. The molecule has 1 fully saturated rings. The van der Waals surface area contributed by atoms with E-state index in [1.54, 1.807) is 0 Å². The quantitative estimate of drug-likeness (QED) is 0.334. The Labute approximate surface area is 199 Å². The van der Waals surface area contributed by atoms with E-state index in [2.05, 4.69) is 57.2 Å². The predicted octanol–water partition coefficient (Wildman–Crippen LogP) is 7.35. The first kappa shape index (κ1) is 25.2. The second kappa shape index (κ2) is 9.83. The molecular formula is C30H40O3. The lowest BCUT2D eigenvalue weighted by molar-refractivity contribution is -0.165. The average molecular weight is 449 g/mol. The number of allylic oxidation sites excluding steroid dienone is 5. The van der Waals surface area contributed by atoms with Crippen molar-refractivity contribution < 1.29 is 14.7 Å². The number of rotatable bonds is 8. The summed E-state index contributed by atoms with van der Waals surface area (Å²) in [6, 6.07) is 10.2. The summed E-state index contributed by atoms with van der Waals surface area (Å²) in [5, 5.41) is 10.9. The van der Waals surface area contributed by atoms with E-state index in [9.17, 15) is 14.7 Å². The van der Waals surface area contributed by atoms with Crippen molar-refractivity contribution in [2.24, 2.45) is 34.5 Å². The predicted molar refractivity (Wildman–Crippen MR) is 136 cm³/mol. The zero-order chi connectivity index (χ0) is 24.4. The Hall–Kier alpha value is -2.42. The fraction of sp³-hybridized carbons (Fsp3) is 0.533. The molecule has 33 heavy (non-hydrogen) atoms. The largest absolute Gasteiger partial charge is 0.481 e. The van der Waals surface area contributed by atoms with Crippen LogP contribution in [-0.2, 0) is 9.59 Å². The third-order valence-electron chi connectivity index (χ3n) is 8.69. The molecule has 3 heteroatoms. The first-order valence-electron chi connectivity index (χ1n) is 12.6. The monoisotopic (exact) mass is 448 g/mol. The van der Waals surface area contributed by atoms with Gasteiger partial charge in [0, 0.05) is 17.3 Å². The summed E-state index contributed by atoms with van der Waals surface area (Å²) < 4.78 is 0. The van der Waals surface area contributed by atoms with Crippen LogP contribution < -0.4 is 0 Å². The van der Waals surface area contributed by atoms with E-state index in [1.165, 1.54) is 5.57 Å². The summed E-state index contributed by atoms with van der Waals surface area (Å²) in [6.45, 7) is 12.4. The van der Waals surface area contributed by atoms with Gasteiger partial charge in [-0.15, -0.1) is 0 Å². The number of Topliss-reactive ketones (excluding diaryl/α,β-unsaturated/α-hetero) is 1. The minimum atomic E-state index is -1.01. The number of carboxylic acid groups (broad SMARTS) is 1. The van der Waals surface area contributed by atoms with Crippen LogP contribution in [0.2, 0.25) is 0 Å². The second-order valence-electron chi connectivity index (χ2n) is 9.99. The van der Waals surface area contributed by atoms with Gasteiger partial charge in [0.1, 0.15) is 5.78 Å². The van der Waals surface area contributed by atoms with Crippen LogP contribution in [0.3, 0.4) is 0 Å². The molecule has 0 aromatic heterocycles. The van der Waals surface area contributed by atoms with Crippen LogP contribution in [0.1, 0.15) is 72.8 Å². The molecule has 2 aliphatic carbocycles. The van der Waals surface area contributed by atoms with Gasteiger partial charge in [0.25, 0.3) is 0 Å². The van der Waals surface area contributed by atoms with E-state index >= 15 is 0 Å². The Balaban J connectivity index is 2.24. The zero-order valence-electron chi connectivity index (χ0n) is 21.1. The van der Waals surface area contributed by atoms with Crippen molar-refractivity contribution >= 4 is 17.8 Å². The van der Waals surface area contributed by atoms with Gasteiger partial charge in [0.05, 0.1) is 5.41 Å². The Bertz CT molecular complexity index is 970. The SMILES string of the molecule is CCC(C=Cc1ccccc1)=C[C@@]1(CC)C=C(C)[C@@H]2[C@H]([C@H](CC)C(=O)[C@H]2C)[C@@]1(CC)C(=O)O. The lowest BCUT2D eigenvalue weighted by Gasteiger charge is -2.55. The normalized spacial score (nSPS) is 34.4. The number of ketones is 1. The smallest absolute Gasteiger partial charge is 0.311 e. The van der Waals surface area contributed by atoms with Crippen LogP contribution >= 0.6 is 0 Å². The molecule has 0 unspecified atom stereocenters. The molecule has 0 spiro atoms. The lowest BCUT2D eigenvalue weighted by Crippen LogP contribution is -2.56. The molecule has 1 N–H and O–H groups in total. The van der Waals surface area contributed by atoms with Crippen molar-refractivity contribution in [3.63, 3.8) is 0 Å². The molecule has 0 amide bonds. The number of carbonyl (C=O) groups is 2. The van der Waals surface area contributed by atoms with Crippen molar-refractivity contribution in [1.82, 2.24) is 0 Å². The van der Waals surface area contributed by atoms with E-state index in [0.717, 1.165) is 17.6 Å². The zero-order valence-corrected chi connectivity index (χ0v) is 21.1. The second-order valence-corrected chi connectivity index (χ2v) is 9.99. The molecule has 0 aliphatic heterocycles. The summed E-state index contributed by atoms with van der Waals surface area (Å²) in [4.78, 5) is 26.5. The van der Waals surface area contributed by atoms with Crippen LogP contribution in [0.25, 0.3) is 6.08 Å². The molecule has 3 rings (SSSR count). The van der Waals surface area contributed by atoms with Crippen molar-refractivity contribution in [2.45, 2.75) is 67.2 Å². The highest BCUT2D eigenvalue weighted by molar-refractivity contribution is 5.90. The number of hydrogen-bond acceptors (Lipinski definition) is 2. The maximum absolute atomic E-state index is 13.3. The van der Waals surface area contributed by atoms with E-state index in [-0.39, 0.29) is 29.5 Å². The highest BCUT2D eigenvalue weighted by Gasteiger charge is 2.67. The third kappa shape index (κ3) is 3.94. The highest BCUT2D eigenvalue weighted by Crippen LogP contribution is 2.65. The standard InChI is InChI=1S/C30H40O3/c1-7-22(16-17-23-14-12-11-13-15-23)19-29(9-3)18-20(5)25-21(6)27(31)24(8-2)26(25)30(29,10-4)28(32)33/h11-19,21,24-26H,7-10H2,1-6H3,(H,32,33)/t21-,24-,25-,26-,29+,30-/m0/s1. The highest BCUT2D eigenvalue weighted by atomic mass is 16.4. The summed E-state index contributed by atoms with van der Waals surface area (Å²) in [5.41, 5.74) is 1.80. The Kier molecular flexibility index (Phi) is 7.51. The molecule has 0 bridgehead atoms. The van der Waals surface area contributed by atoms with Gasteiger partial charge in [0.2, 0.25) is 0 Å². The number of aliphatic carboxylic acids is 1. The Morgan fingerprint density at radius 1 is 1.09 bits per heavy atom. The fourth-order valence-electron chi connectivity index (χ4n) is 7.09. The minimum absolute atomic E-state index is 0.0107. The van der Waals surface area contributed by atoms with Crippen molar-refractivity contribution in [3.8, 4) is 0 Å². The number of benzene rings is 1. The van der Waals surface area contributed by atoms with Crippen molar-refractivity contribution in [1.29, 1.82) is 0 Å². The van der Waals surface area contributed by atoms with Gasteiger partial charge in [0.15, 0.2) is 0 Å². The molecule has 2 aliphatic rings. The fourth-order valence-corrected chi connectivity index (χ4v) is 7.09. The molecule has 1 aromatic carbocycles.